The molecule has 0 atom stereocenters. The van der Waals surface area contributed by atoms with E-state index in [1.54, 1.807) is 16.3 Å². The Morgan fingerprint density at radius 2 is 1.92 bits per heavy atom. The van der Waals surface area contributed by atoms with Crippen molar-refractivity contribution in [3.8, 4) is 0 Å². The van der Waals surface area contributed by atoms with Crippen LogP contribution in [0.15, 0.2) is 46.4 Å². The lowest BCUT2D eigenvalue weighted by Crippen LogP contribution is -2.24. The van der Waals surface area contributed by atoms with Crippen LogP contribution in [-0.2, 0) is 16.1 Å². The molecule has 134 valence electrons. The Bertz CT molecular complexity index is 911. The van der Waals surface area contributed by atoms with Crippen molar-refractivity contribution in [2.45, 2.75) is 27.4 Å². The standard InChI is InChI=1S/C19H18N2O4S/c1-12-6-4-7-13(2)17(12)21(14(3)22)19-20-15(11-26-19)10-25-18(23)16-8-5-9-24-16/h4-9,11H,10H2,1-3H3. The SMILES string of the molecule is CC(=O)N(c1nc(COC(=O)c2ccco2)cs1)c1c(C)cccc1C. The van der Waals surface area contributed by atoms with E-state index in [-0.39, 0.29) is 18.3 Å². The third-order valence-corrected chi connectivity index (χ3v) is 4.66. The van der Waals surface area contributed by atoms with Gasteiger partial charge in [0, 0.05) is 12.3 Å². The van der Waals surface area contributed by atoms with Gasteiger partial charge in [-0.05, 0) is 37.1 Å². The van der Waals surface area contributed by atoms with Gasteiger partial charge in [-0.2, -0.15) is 0 Å². The number of esters is 1. The molecule has 0 N–H and O–H groups in total. The van der Waals surface area contributed by atoms with Gasteiger partial charge < -0.3 is 9.15 Å². The maximum atomic E-state index is 12.3. The van der Waals surface area contributed by atoms with Gasteiger partial charge in [0.15, 0.2) is 5.13 Å². The predicted octanol–water partition coefficient (Wildman–Crippen LogP) is 4.39. The van der Waals surface area contributed by atoms with E-state index < -0.39 is 5.97 Å². The average molecular weight is 370 g/mol. The van der Waals surface area contributed by atoms with Crippen molar-refractivity contribution in [1.82, 2.24) is 4.98 Å². The van der Waals surface area contributed by atoms with E-state index in [1.807, 2.05) is 32.0 Å². The number of carbonyl (C=O) groups excluding carboxylic acids is 2. The molecule has 26 heavy (non-hydrogen) atoms. The minimum Gasteiger partial charge on any atom is -0.457 e. The first kappa shape index (κ1) is 17.9. The number of rotatable bonds is 5. The molecule has 1 amide bonds. The van der Waals surface area contributed by atoms with Crippen molar-refractivity contribution < 1.29 is 18.7 Å². The van der Waals surface area contributed by atoms with Crippen molar-refractivity contribution in [3.63, 3.8) is 0 Å². The number of nitrogens with zero attached hydrogens (tertiary/aromatic N) is 2. The third kappa shape index (κ3) is 3.67. The molecule has 7 heteroatoms. The lowest BCUT2D eigenvalue weighted by molar-refractivity contribution is -0.115. The Labute approximate surface area is 155 Å². The maximum Gasteiger partial charge on any atom is 0.374 e. The molecule has 0 bridgehead atoms. The number of aryl methyl sites for hydroxylation is 2. The number of aromatic nitrogens is 1. The fourth-order valence-electron chi connectivity index (χ4n) is 2.62. The number of carbonyl (C=O) groups is 2. The van der Waals surface area contributed by atoms with E-state index in [1.165, 1.54) is 30.6 Å². The monoisotopic (exact) mass is 370 g/mol. The van der Waals surface area contributed by atoms with Crippen LogP contribution in [0.2, 0.25) is 0 Å². The summed E-state index contributed by atoms with van der Waals surface area (Å²) in [6.07, 6.45) is 1.41. The highest BCUT2D eigenvalue weighted by molar-refractivity contribution is 7.14. The van der Waals surface area contributed by atoms with Crippen LogP contribution in [0.1, 0.15) is 34.3 Å². The van der Waals surface area contributed by atoms with Gasteiger partial charge in [-0.25, -0.2) is 9.78 Å². The molecule has 0 saturated carbocycles. The van der Waals surface area contributed by atoms with Crippen LogP contribution in [0.5, 0.6) is 0 Å². The molecule has 1 aromatic carbocycles. The summed E-state index contributed by atoms with van der Waals surface area (Å²) in [6, 6.07) is 9.02. The van der Waals surface area contributed by atoms with E-state index >= 15 is 0 Å². The van der Waals surface area contributed by atoms with Crippen LogP contribution < -0.4 is 4.90 Å². The normalized spacial score (nSPS) is 10.6. The highest BCUT2D eigenvalue weighted by atomic mass is 32.1. The maximum absolute atomic E-state index is 12.3. The zero-order valence-electron chi connectivity index (χ0n) is 14.7. The number of furan rings is 1. The second-order valence-electron chi connectivity index (χ2n) is 5.77. The molecule has 0 radical (unpaired) electrons. The first-order chi connectivity index (χ1) is 12.5. The van der Waals surface area contributed by atoms with Gasteiger partial charge in [0.05, 0.1) is 17.6 Å². The van der Waals surface area contributed by atoms with Crippen LogP contribution in [0.4, 0.5) is 10.8 Å². The summed E-state index contributed by atoms with van der Waals surface area (Å²) in [5, 5.41) is 2.31. The van der Waals surface area contributed by atoms with Crippen LogP contribution in [-0.4, -0.2) is 16.9 Å². The molecule has 3 aromatic rings. The summed E-state index contributed by atoms with van der Waals surface area (Å²) < 4.78 is 10.2. The highest BCUT2D eigenvalue weighted by Crippen LogP contribution is 2.33. The minimum absolute atomic E-state index is 0.00846. The van der Waals surface area contributed by atoms with Gasteiger partial charge in [-0.15, -0.1) is 11.3 Å². The van der Waals surface area contributed by atoms with Gasteiger partial charge in [-0.3, -0.25) is 9.69 Å². The summed E-state index contributed by atoms with van der Waals surface area (Å²) in [5.74, 6) is -0.542. The van der Waals surface area contributed by atoms with Gasteiger partial charge in [0.1, 0.15) is 6.61 Å². The summed E-state index contributed by atoms with van der Waals surface area (Å²) in [5.41, 5.74) is 3.37. The molecule has 0 aliphatic carbocycles. The van der Waals surface area contributed by atoms with Crippen LogP contribution in [0, 0.1) is 13.8 Å². The second kappa shape index (κ2) is 7.53. The molecule has 0 aliphatic rings. The van der Waals surface area contributed by atoms with Crippen LogP contribution >= 0.6 is 11.3 Å². The Kier molecular flexibility index (Phi) is 5.18. The van der Waals surface area contributed by atoms with Crippen molar-refractivity contribution in [1.29, 1.82) is 0 Å². The lowest BCUT2D eigenvalue weighted by atomic mass is 10.1. The number of anilines is 2. The largest absolute Gasteiger partial charge is 0.457 e. The van der Waals surface area contributed by atoms with Gasteiger partial charge in [0.2, 0.25) is 11.7 Å². The van der Waals surface area contributed by atoms with Crippen LogP contribution in [0.3, 0.4) is 0 Å². The zero-order valence-corrected chi connectivity index (χ0v) is 15.5. The molecular weight excluding hydrogens is 352 g/mol. The van der Waals surface area contributed by atoms with E-state index in [0.717, 1.165) is 16.8 Å². The van der Waals surface area contributed by atoms with Crippen molar-refractivity contribution in [2.75, 3.05) is 4.90 Å². The number of hydrogen-bond acceptors (Lipinski definition) is 6. The molecule has 0 spiro atoms. The van der Waals surface area contributed by atoms with Crippen LogP contribution in [0.25, 0.3) is 0 Å². The number of benzene rings is 1. The molecule has 2 heterocycles. The van der Waals surface area contributed by atoms with E-state index in [0.29, 0.717) is 10.8 Å². The van der Waals surface area contributed by atoms with Gasteiger partial charge in [0.25, 0.3) is 0 Å². The molecule has 0 fully saturated rings. The number of amides is 1. The summed E-state index contributed by atoms with van der Waals surface area (Å²) >= 11 is 1.33. The zero-order chi connectivity index (χ0) is 18.7. The fourth-order valence-corrected chi connectivity index (χ4v) is 3.47. The molecule has 3 rings (SSSR count). The Morgan fingerprint density at radius 1 is 1.19 bits per heavy atom. The lowest BCUT2D eigenvalue weighted by Gasteiger charge is -2.22. The Balaban J connectivity index is 1.80. The highest BCUT2D eigenvalue weighted by Gasteiger charge is 2.21. The van der Waals surface area contributed by atoms with Crippen molar-refractivity contribution >= 4 is 34.0 Å². The third-order valence-electron chi connectivity index (χ3n) is 3.78. The fraction of sp³-hybridized carbons (Fsp3) is 0.211. The number of ether oxygens (including phenoxy) is 1. The smallest absolute Gasteiger partial charge is 0.374 e. The number of hydrogen-bond donors (Lipinski definition) is 0. The van der Waals surface area contributed by atoms with Crippen molar-refractivity contribution in [2.24, 2.45) is 0 Å². The van der Waals surface area contributed by atoms with Gasteiger partial charge >= 0.3 is 5.97 Å². The van der Waals surface area contributed by atoms with E-state index in [4.69, 9.17) is 9.15 Å². The van der Waals surface area contributed by atoms with E-state index in [9.17, 15) is 9.59 Å². The summed E-state index contributed by atoms with van der Waals surface area (Å²) in [7, 11) is 0. The summed E-state index contributed by atoms with van der Waals surface area (Å²) in [6.45, 7) is 5.42. The minimum atomic E-state index is -0.553. The Morgan fingerprint density at radius 3 is 2.54 bits per heavy atom. The summed E-state index contributed by atoms with van der Waals surface area (Å²) in [4.78, 5) is 30.2. The predicted molar refractivity (Wildman–Crippen MR) is 98.7 cm³/mol. The Hall–Kier alpha value is -2.93. The molecule has 0 unspecified atom stereocenters. The number of thiazole rings is 1. The molecular formula is C19H18N2O4S. The molecule has 0 saturated heterocycles. The average Bonchev–Trinajstić information content (AvgIpc) is 3.27. The van der Waals surface area contributed by atoms with Gasteiger partial charge in [-0.1, -0.05) is 18.2 Å². The van der Waals surface area contributed by atoms with Crippen molar-refractivity contribution in [3.05, 3.63) is 64.6 Å². The van der Waals surface area contributed by atoms with E-state index in [2.05, 4.69) is 4.98 Å². The first-order valence-corrected chi connectivity index (χ1v) is 8.87. The quantitative estimate of drug-likeness (QED) is 0.623. The second-order valence-corrected chi connectivity index (χ2v) is 6.61. The molecule has 6 nitrogen and oxygen atoms in total. The number of para-hydroxylation sites is 1. The molecule has 0 aliphatic heterocycles. The topological polar surface area (TPSA) is 72.6 Å². The first-order valence-electron chi connectivity index (χ1n) is 7.99. The molecule has 2 aromatic heterocycles.